The third-order valence-corrected chi connectivity index (χ3v) is 5.48. The molecule has 0 spiro atoms. The first-order valence-electron chi connectivity index (χ1n) is 8.44. The van der Waals surface area contributed by atoms with Gasteiger partial charge in [-0.2, -0.15) is 4.72 Å². The van der Waals surface area contributed by atoms with E-state index in [2.05, 4.69) is 4.72 Å². The SMILES string of the molecule is CCOC(=O)[C@]1(NS(=O)(=O)Cc2ccccc2)CCCN(CC(=O)O)C1=O. The molecular weight excluding hydrogens is 376 g/mol. The Balaban J connectivity index is 2.34. The highest BCUT2D eigenvalue weighted by atomic mass is 32.2. The van der Waals surface area contributed by atoms with Crippen LogP contribution in [-0.2, 0) is 34.9 Å². The average Bonchev–Trinajstić information content (AvgIpc) is 2.58. The van der Waals surface area contributed by atoms with Crippen LogP contribution in [-0.4, -0.2) is 61.5 Å². The van der Waals surface area contributed by atoms with Crippen LogP contribution < -0.4 is 4.72 Å². The van der Waals surface area contributed by atoms with E-state index in [1.807, 2.05) is 0 Å². The lowest BCUT2D eigenvalue weighted by Crippen LogP contribution is -2.67. The molecule has 1 aliphatic rings. The van der Waals surface area contributed by atoms with Crippen LogP contribution in [0, 0.1) is 0 Å². The maximum Gasteiger partial charge on any atom is 0.337 e. The molecule has 1 atom stereocenters. The minimum Gasteiger partial charge on any atom is -0.480 e. The molecule has 9 nitrogen and oxygen atoms in total. The summed E-state index contributed by atoms with van der Waals surface area (Å²) in [5, 5.41) is 8.97. The smallest absolute Gasteiger partial charge is 0.337 e. The van der Waals surface area contributed by atoms with Gasteiger partial charge in [0.25, 0.3) is 5.91 Å². The van der Waals surface area contributed by atoms with E-state index in [0.29, 0.717) is 5.56 Å². The number of aliphatic carboxylic acids is 1. The van der Waals surface area contributed by atoms with E-state index in [9.17, 15) is 22.8 Å². The normalized spacial score (nSPS) is 20.3. The summed E-state index contributed by atoms with van der Waals surface area (Å²) in [5.74, 6) is -3.62. The molecule has 0 unspecified atom stereocenters. The number of esters is 1. The monoisotopic (exact) mass is 398 g/mol. The fourth-order valence-corrected chi connectivity index (χ4v) is 4.51. The van der Waals surface area contributed by atoms with E-state index >= 15 is 0 Å². The minimum atomic E-state index is -4.09. The maximum atomic E-state index is 12.9. The number of rotatable bonds is 8. The number of piperidine rings is 1. The summed E-state index contributed by atoms with van der Waals surface area (Å²) in [6.07, 6.45) is 0.153. The number of carbonyl (C=O) groups is 3. The van der Waals surface area contributed by atoms with Crippen molar-refractivity contribution in [1.82, 2.24) is 9.62 Å². The second-order valence-corrected chi connectivity index (χ2v) is 7.92. The van der Waals surface area contributed by atoms with Crippen LogP contribution in [0.2, 0.25) is 0 Å². The summed E-state index contributed by atoms with van der Waals surface area (Å²) in [7, 11) is -4.09. The standard InChI is InChI=1S/C17H22N2O7S/c1-2-26-16(23)17(9-6-10-19(15(17)22)11-14(20)21)18-27(24,25)12-13-7-4-3-5-8-13/h3-5,7-8,18H,2,6,9-12H2,1H3,(H,20,21)/t17-/m0/s1. The number of nitrogens with one attached hydrogen (secondary N) is 1. The first-order chi connectivity index (χ1) is 12.7. The van der Waals surface area contributed by atoms with Crippen molar-refractivity contribution in [3.05, 3.63) is 35.9 Å². The molecule has 148 valence electrons. The van der Waals surface area contributed by atoms with Crippen LogP contribution in [0.3, 0.4) is 0 Å². The Labute approximate surface area is 157 Å². The van der Waals surface area contributed by atoms with Gasteiger partial charge in [-0.1, -0.05) is 30.3 Å². The zero-order valence-electron chi connectivity index (χ0n) is 14.9. The van der Waals surface area contributed by atoms with Crippen molar-refractivity contribution in [3.63, 3.8) is 0 Å². The highest BCUT2D eigenvalue weighted by Crippen LogP contribution is 2.26. The van der Waals surface area contributed by atoms with Gasteiger partial charge in [0, 0.05) is 6.54 Å². The number of carbonyl (C=O) groups excluding carboxylic acids is 2. The number of carboxylic acids is 1. The van der Waals surface area contributed by atoms with Crippen LogP contribution in [0.4, 0.5) is 0 Å². The van der Waals surface area contributed by atoms with Gasteiger partial charge in [0.1, 0.15) is 6.54 Å². The number of nitrogens with zero attached hydrogens (tertiary/aromatic N) is 1. The Morgan fingerprint density at radius 1 is 1.30 bits per heavy atom. The van der Waals surface area contributed by atoms with Gasteiger partial charge in [0.05, 0.1) is 12.4 Å². The van der Waals surface area contributed by atoms with Crippen molar-refractivity contribution in [2.75, 3.05) is 19.7 Å². The summed E-state index contributed by atoms with van der Waals surface area (Å²) < 4.78 is 32.5. The van der Waals surface area contributed by atoms with Crippen molar-refractivity contribution in [2.24, 2.45) is 0 Å². The lowest BCUT2D eigenvalue weighted by molar-refractivity contribution is -0.163. The number of amides is 1. The van der Waals surface area contributed by atoms with E-state index in [-0.39, 0.29) is 26.0 Å². The molecule has 10 heteroatoms. The molecule has 0 saturated carbocycles. The number of hydrogen-bond acceptors (Lipinski definition) is 6. The van der Waals surface area contributed by atoms with Gasteiger partial charge in [-0.05, 0) is 25.3 Å². The van der Waals surface area contributed by atoms with Gasteiger partial charge in [0.15, 0.2) is 0 Å². The molecule has 1 amide bonds. The van der Waals surface area contributed by atoms with E-state index in [0.717, 1.165) is 4.90 Å². The molecule has 2 rings (SSSR count). The fourth-order valence-electron chi connectivity index (χ4n) is 3.00. The molecular formula is C17H22N2O7S. The molecule has 27 heavy (non-hydrogen) atoms. The lowest BCUT2D eigenvalue weighted by Gasteiger charge is -2.39. The molecule has 1 aromatic carbocycles. The Bertz CT molecular complexity index is 810. The third kappa shape index (κ3) is 5.04. The van der Waals surface area contributed by atoms with Crippen LogP contribution in [0.15, 0.2) is 30.3 Å². The van der Waals surface area contributed by atoms with Gasteiger partial charge >= 0.3 is 11.9 Å². The average molecular weight is 398 g/mol. The number of likely N-dealkylation sites (tertiary alicyclic amines) is 1. The first-order valence-corrected chi connectivity index (χ1v) is 10.1. The van der Waals surface area contributed by atoms with Gasteiger partial charge in [0.2, 0.25) is 15.6 Å². The van der Waals surface area contributed by atoms with Crippen LogP contribution >= 0.6 is 0 Å². The highest BCUT2D eigenvalue weighted by molar-refractivity contribution is 7.88. The predicted octanol–water partition coefficient (Wildman–Crippen LogP) is 0.115. The Hall–Kier alpha value is -2.46. The van der Waals surface area contributed by atoms with Crippen molar-refractivity contribution in [2.45, 2.75) is 31.1 Å². The largest absolute Gasteiger partial charge is 0.480 e. The van der Waals surface area contributed by atoms with E-state index < -0.39 is 45.7 Å². The number of benzene rings is 1. The number of sulfonamides is 1. The van der Waals surface area contributed by atoms with Gasteiger partial charge in [-0.15, -0.1) is 0 Å². The van der Waals surface area contributed by atoms with Gasteiger partial charge < -0.3 is 14.7 Å². The Morgan fingerprint density at radius 3 is 2.56 bits per heavy atom. The van der Waals surface area contributed by atoms with Crippen LogP contribution in [0.5, 0.6) is 0 Å². The quantitative estimate of drug-likeness (QED) is 0.470. The zero-order valence-corrected chi connectivity index (χ0v) is 15.7. The Kier molecular flexibility index (Phi) is 6.55. The number of hydrogen-bond donors (Lipinski definition) is 2. The molecule has 1 aromatic rings. The highest BCUT2D eigenvalue weighted by Gasteiger charge is 2.54. The fraction of sp³-hybridized carbons (Fsp3) is 0.471. The molecule has 1 heterocycles. The van der Waals surface area contributed by atoms with E-state index in [4.69, 9.17) is 9.84 Å². The van der Waals surface area contributed by atoms with Crippen molar-refractivity contribution < 1.29 is 32.6 Å². The summed E-state index contributed by atoms with van der Waals surface area (Å²) in [6.45, 7) is 0.979. The van der Waals surface area contributed by atoms with Crippen molar-refractivity contribution in [3.8, 4) is 0 Å². The van der Waals surface area contributed by atoms with Crippen molar-refractivity contribution in [1.29, 1.82) is 0 Å². The number of carboxylic acid groups (broad SMARTS) is 1. The molecule has 0 aromatic heterocycles. The third-order valence-electron chi connectivity index (χ3n) is 4.11. The van der Waals surface area contributed by atoms with E-state index in [1.54, 1.807) is 30.3 Å². The first kappa shape index (κ1) is 20.8. The summed E-state index contributed by atoms with van der Waals surface area (Å²) in [4.78, 5) is 37.4. The van der Waals surface area contributed by atoms with Gasteiger partial charge in [-0.3, -0.25) is 9.59 Å². The second kappa shape index (κ2) is 8.49. The maximum absolute atomic E-state index is 12.9. The molecule has 1 saturated heterocycles. The second-order valence-electron chi connectivity index (χ2n) is 6.20. The van der Waals surface area contributed by atoms with Crippen LogP contribution in [0.1, 0.15) is 25.3 Å². The zero-order chi connectivity index (χ0) is 20.1. The van der Waals surface area contributed by atoms with Crippen LogP contribution in [0.25, 0.3) is 0 Å². The predicted molar refractivity (Wildman–Crippen MR) is 95.0 cm³/mol. The molecule has 0 bridgehead atoms. The molecule has 0 aliphatic carbocycles. The molecule has 1 aliphatic heterocycles. The lowest BCUT2D eigenvalue weighted by atomic mass is 9.89. The topological polar surface area (TPSA) is 130 Å². The Morgan fingerprint density at radius 2 is 1.96 bits per heavy atom. The molecule has 0 radical (unpaired) electrons. The number of ether oxygens (including phenoxy) is 1. The molecule has 2 N–H and O–H groups in total. The summed E-state index contributed by atoms with van der Waals surface area (Å²) >= 11 is 0. The van der Waals surface area contributed by atoms with Gasteiger partial charge in [-0.25, -0.2) is 13.2 Å². The van der Waals surface area contributed by atoms with E-state index in [1.165, 1.54) is 6.92 Å². The summed E-state index contributed by atoms with van der Waals surface area (Å²) in [6, 6.07) is 8.29. The molecule has 1 fully saturated rings. The van der Waals surface area contributed by atoms with Crippen molar-refractivity contribution >= 4 is 27.9 Å². The minimum absolute atomic E-state index is 0.0484. The summed E-state index contributed by atoms with van der Waals surface area (Å²) in [5.41, 5.74) is -1.67.